The first-order valence-corrected chi connectivity index (χ1v) is 5.65. The fourth-order valence-electron chi connectivity index (χ4n) is 1.47. The number of halogens is 1. The van der Waals surface area contributed by atoms with Crippen molar-refractivity contribution >= 4 is 6.01 Å². The van der Waals surface area contributed by atoms with Gasteiger partial charge in [-0.15, -0.1) is 0 Å². The zero-order valence-electron chi connectivity index (χ0n) is 10.6. The van der Waals surface area contributed by atoms with E-state index in [1.807, 2.05) is 0 Å². The van der Waals surface area contributed by atoms with Crippen LogP contribution in [0.5, 0.6) is 5.75 Å². The molecule has 0 saturated carbocycles. The van der Waals surface area contributed by atoms with E-state index < -0.39 is 5.82 Å². The van der Waals surface area contributed by atoms with E-state index in [1.54, 1.807) is 13.2 Å². The highest BCUT2D eigenvalue weighted by Crippen LogP contribution is 2.25. The van der Waals surface area contributed by atoms with Gasteiger partial charge in [-0.3, -0.25) is 0 Å². The van der Waals surface area contributed by atoms with E-state index in [0.717, 1.165) is 0 Å². The highest BCUT2D eigenvalue weighted by Gasteiger charge is 2.11. The molecule has 1 N–H and O–H groups in total. The first-order chi connectivity index (χ1) is 9.24. The molecule has 1 heterocycles. The van der Waals surface area contributed by atoms with Gasteiger partial charge in [-0.25, -0.2) is 4.39 Å². The Morgan fingerprint density at radius 1 is 1.37 bits per heavy atom. The van der Waals surface area contributed by atoms with Crippen molar-refractivity contribution in [3.05, 3.63) is 24.0 Å². The number of hydrogen-bond donors (Lipinski definition) is 1. The lowest BCUT2D eigenvalue weighted by Gasteiger charge is -2.02. The molecule has 0 amide bonds. The molecule has 0 bridgehead atoms. The van der Waals surface area contributed by atoms with Gasteiger partial charge in [0.25, 0.3) is 0 Å². The van der Waals surface area contributed by atoms with Gasteiger partial charge in [0.05, 0.1) is 13.7 Å². The summed E-state index contributed by atoms with van der Waals surface area (Å²) < 4.78 is 28.1. The van der Waals surface area contributed by atoms with Crippen LogP contribution in [0.4, 0.5) is 10.4 Å². The summed E-state index contributed by atoms with van der Waals surface area (Å²) in [5.41, 5.74) is 0.613. The summed E-state index contributed by atoms with van der Waals surface area (Å²) in [6.45, 7) is 1.09. The lowest BCUT2D eigenvalue weighted by atomic mass is 10.2. The van der Waals surface area contributed by atoms with Gasteiger partial charge in [0.2, 0.25) is 5.82 Å². The minimum atomic E-state index is -0.437. The summed E-state index contributed by atoms with van der Waals surface area (Å²) in [6.07, 6.45) is 0. The second-order valence-corrected chi connectivity index (χ2v) is 3.69. The fourth-order valence-corrected chi connectivity index (χ4v) is 1.47. The number of nitrogens with one attached hydrogen (secondary N) is 1. The van der Waals surface area contributed by atoms with Gasteiger partial charge in [0.15, 0.2) is 11.6 Å². The lowest BCUT2D eigenvalue weighted by molar-refractivity contribution is 0.210. The molecular weight excluding hydrogens is 253 g/mol. The Labute approximate surface area is 109 Å². The molecular formula is C12H14FN3O3. The number of aromatic nitrogens is 2. The van der Waals surface area contributed by atoms with E-state index in [2.05, 4.69) is 15.5 Å². The minimum absolute atomic E-state index is 0.135. The molecule has 0 fully saturated rings. The van der Waals surface area contributed by atoms with Gasteiger partial charge in [0.1, 0.15) is 0 Å². The highest BCUT2D eigenvalue weighted by molar-refractivity contribution is 5.58. The highest BCUT2D eigenvalue weighted by atomic mass is 19.1. The predicted octanol–water partition coefficient (Wildman–Crippen LogP) is 1.94. The lowest BCUT2D eigenvalue weighted by Crippen LogP contribution is -2.07. The number of benzene rings is 1. The van der Waals surface area contributed by atoms with Crippen LogP contribution in [0.2, 0.25) is 0 Å². The molecule has 2 aromatic rings. The van der Waals surface area contributed by atoms with Crippen LogP contribution < -0.4 is 10.1 Å². The third kappa shape index (κ3) is 3.19. The Kier molecular flexibility index (Phi) is 4.30. The van der Waals surface area contributed by atoms with Crippen LogP contribution in [0.3, 0.4) is 0 Å². The predicted molar refractivity (Wildman–Crippen MR) is 66.6 cm³/mol. The molecule has 19 heavy (non-hydrogen) atoms. The zero-order valence-corrected chi connectivity index (χ0v) is 10.6. The van der Waals surface area contributed by atoms with Gasteiger partial charge in [0, 0.05) is 19.2 Å². The molecule has 0 aliphatic carbocycles. The van der Waals surface area contributed by atoms with Crippen LogP contribution in [0, 0.1) is 5.82 Å². The van der Waals surface area contributed by atoms with Crippen molar-refractivity contribution < 1.29 is 18.4 Å². The fraction of sp³-hybridized carbons (Fsp3) is 0.333. The number of rotatable bonds is 6. The summed E-state index contributed by atoms with van der Waals surface area (Å²) in [5.74, 6) is 0.0580. The molecule has 0 spiro atoms. The maximum Gasteiger partial charge on any atom is 0.321 e. The first-order valence-electron chi connectivity index (χ1n) is 5.65. The van der Waals surface area contributed by atoms with Crippen LogP contribution >= 0.6 is 0 Å². The van der Waals surface area contributed by atoms with Gasteiger partial charge in [-0.2, -0.15) is 4.98 Å². The van der Waals surface area contributed by atoms with Crippen molar-refractivity contribution in [1.82, 2.24) is 10.1 Å². The number of ether oxygens (including phenoxy) is 2. The zero-order chi connectivity index (χ0) is 13.7. The molecule has 0 aliphatic heterocycles. The first kappa shape index (κ1) is 13.3. The molecule has 1 aromatic heterocycles. The SMILES string of the molecule is COCCNc1nc(-c2ccc(F)c(OC)c2)no1. The third-order valence-corrected chi connectivity index (χ3v) is 2.42. The molecule has 0 atom stereocenters. The Morgan fingerprint density at radius 2 is 2.21 bits per heavy atom. The van der Waals surface area contributed by atoms with Crippen molar-refractivity contribution in [3.8, 4) is 17.1 Å². The Bertz CT molecular complexity index is 545. The summed E-state index contributed by atoms with van der Waals surface area (Å²) in [4.78, 5) is 4.13. The molecule has 2 rings (SSSR count). The maximum atomic E-state index is 13.3. The van der Waals surface area contributed by atoms with Gasteiger partial charge in [-0.1, -0.05) is 5.16 Å². The molecule has 0 saturated heterocycles. The van der Waals surface area contributed by atoms with Crippen molar-refractivity contribution in [1.29, 1.82) is 0 Å². The monoisotopic (exact) mass is 267 g/mol. The number of methoxy groups -OCH3 is 2. The molecule has 1 aromatic carbocycles. The topological polar surface area (TPSA) is 69.4 Å². The molecule has 0 radical (unpaired) electrons. The van der Waals surface area contributed by atoms with Crippen LogP contribution in [-0.4, -0.2) is 37.5 Å². The average molecular weight is 267 g/mol. The molecule has 7 heteroatoms. The van der Waals surface area contributed by atoms with E-state index in [-0.39, 0.29) is 11.8 Å². The van der Waals surface area contributed by atoms with Crippen molar-refractivity contribution in [2.45, 2.75) is 0 Å². The summed E-state index contributed by atoms with van der Waals surface area (Å²) >= 11 is 0. The van der Waals surface area contributed by atoms with Gasteiger partial charge >= 0.3 is 6.01 Å². The summed E-state index contributed by atoms with van der Waals surface area (Å²) in [6, 6.07) is 4.65. The molecule has 102 valence electrons. The number of hydrogen-bond acceptors (Lipinski definition) is 6. The van der Waals surface area contributed by atoms with E-state index >= 15 is 0 Å². The second kappa shape index (κ2) is 6.14. The Morgan fingerprint density at radius 3 is 2.95 bits per heavy atom. The van der Waals surface area contributed by atoms with E-state index in [4.69, 9.17) is 14.0 Å². The third-order valence-electron chi connectivity index (χ3n) is 2.42. The molecule has 6 nitrogen and oxygen atoms in total. The van der Waals surface area contributed by atoms with Gasteiger partial charge in [-0.05, 0) is 18.2 Å². The van der Waals surface area contributed by atoms with Crippen LogP contribution in [-0.2, 0) is 4.74 Å². The second-order valence-electron chi connectivity index (χ2n) is 3.69. The number of nitrogens with zero attached hydrogens (tertiary/aromatic N) is 2. The van der Waals surface area contributed by atoms with Crippen molar-refractivity contribution in [3.63, 3.8) is 0 Å². The number of anilines is 1. The summed E-state index contributed by atoms with van der Waals surface area (Å²) in [7, 11) is 3.00. The Hall–Kier alpha value is -2.15. The molecule has 0 unspecified atom stereocenters. The van der Waals surface area contributed by atoms with Crippen LogP contribution in [0.1, 0.15) is 0 Å². The maximum absolute atomic E-state index is 13.3. The van der Waals surface area contributed by atoms with E-state index in [1.165, 1.54) is 19.2 Å². The van der Waals surface area contributed by atoms with Crippen molar-refractivity contribution in [2.75, 3.05) is 32.7 Å². The van der Waals surface area contributed by atoms with E-state index in [9.17, 15) is 4.39 Å². The normalized spacial score (nSPS) is 10.5. The minimum Gasteiger partial charge on any atom is -0.494 e. The Balaban J connectivity index is 2.13. The smallest absolute Gasteiger partial charge is 0.321 e. The van der Waals surface area contributed by atoms with Crippen molar-refractivity contribution in [2.24, 2.45) is 0 Å². The molecule has 0 aliphatic rings. The van der Waals surface area contributed by atoms with Crippen LogP contribution in [0.15, 0.2) is 22.7 Å². The largest absolute Gasteiger partial charge is 0.494 e. The van der Waals surface area contributed by atoms with E-state index in [0.29, 0.717) is 24.5 Å². The van der Waals surface area contributed by atoms with Gasteiger partial charge < -0.3 is 19.3 Å². The standard InChI is InChI=1S/C12H14FN3O3/c1-17-6-5-14-12-15-11(16-19-12)8-3-4-9(13)10(7-8)18-2/h3-4,7H,5-6H2,1-2H3,(H,14,15,16). The quantitative estimate of drug-likeness (QED) is 0.807. The van der Waals surface area contributed by atoms with Crippen LogP contribution in [0.25, 0.3) is 11.4 Å². The average Bonchev–Trinajstić information content (AvgIpc) is 2.88. The summed E-state index contributed by atoms with van der Waals surface area (Å²) in [5, 5.41) is 6.71.